The van der Waals surface area contributed by atoms with Crippen LogP contribution in [0.3, 0.4) is 0 Å². The minimum absolute atomic E-state index is 0.114. The number of amidine groups is 1. The number of nitrogens with one attached hydrogen (secondary N) is 1. The van der Waals surface area contributed by atoms with Crippen molar-refractivity contribution in [2.45, 2.75) is 13.0 Å². The van der Waals surface area contributed by atoms with Gasteiger partial charge in [-0.1, -0.05) is 24.3 Å². The molecule has 0 aliphatic carbocycles. The predicted octanol–water partition coefficient (Wildman–Crippen LogP) is 2.04. The summed E-state index contributed by atoms with van der Waals surface area (Å²) in [7, 11) is 2.11. The molecule has 0 bridgehead atoms. The molecule has 0 aliphatic heterocycles. The highest BCUT2D eigenvalue weighted by Crippen LogP contribution is 2.07. The highest BCUT2D eigenvalue weighted by Gasteiger charge is 2.02. The van der Waals surface area contributed by atoms with Gasteiger partial charge in [-0.3, -0.25) is 10.4 Å². The van der Waals surface area contributed by atoms with Gasteiger partial charge in [0.05, 0.1) is 0 Å². The summed E-state index contributed by atoms with van der Waals surface area (Å²) in [5.74, 6) is 0.114. The number of likely N-dealkylation sites (N-methyl/N-ethyl adjacent to an activating group) is 1. The van der Waals surface area contributed by atoms with Gasteiger partial charge in [0.25, 0.3) is 0 Å². The van der Waals surface area contributed by atoms with Crippen LogP contribution in [0.25, 0.3) is 0 Å². The van der Waals surface area contributed by atoms with Gasteiger partial charge in [0.2, 0.25) is 0 Å². The lowest BCUT2D eigenvalue weighted by Gasteiger charge is -2.16. The Kier molecular flexibility index (Phi) is 4.85. The molecule has 0 saturated heterocycles. The number of hydrogen-bond donors (Lipinski definition) is 2. The molecular weight excluding hydrogens is 248 g/mol. The van der Waals surface area contributed by atoms with E-state index in [0.29, 0.717) is 0 Å². The fourth-order valence-corrected chi connectivity index (χ4v) is 2.05. The molecule has 4 heteroatoms. The molecule has 2 rings (SSSR count). The Bertz CT molecular complexity index is 548. The quantitative estimate of drug-likeness (QED) is 0.622. The van der Waals surface area contributed by atoms with Crippen LogP contribution >= 0.6 is 0 Å². The van der Waals surface area contributed by atoms with E-state index in [1.807, 2.05) is 36.7 Å². The molecule has 20 heavy (non-hydrogen) atoms. The molecule has 0 fully saturated rings. The first-order valence-corrected chi connectivity index (χ1v) is 6.66. The van der Waals surface area contributed by atoms with Gasteiger partial charge in [-0.15, -0.1) is 0 Å². The molecule has 0 saturated carbocycles. The van der Waals surface area contributed by atoms with Crippen LogP contribution in [0.5, 0.6) is 0 Å². The van der Waals surface area contributed by atoms with E-state index in [4.69, 9.17) is 11.1 Å². The summed E-state index contributed by atoms with van der Waals surface area (Å²) in [4.78, 5) is 6.30. The third-order valence-electron chi connectivity index (χ3n) is 3.25. The summed E-state index contributed by atoms with van der Waals surface area (Å²) in [6.45, 7) is 1.89. The maximum atomic E-state index is 7.37. The second kappa shape index (κ2) is 6.82. The van der Waals surface area contributed by atoms with Crippen LogP contribution in [0.4, 0.5) is 0 Å². The number of benzene rings is 1. The van der Waals surface area contributed by atoms with Crippen LogP contribution in [-0.2, 0) is 13.0 Å². The first kappa shape index (κ1) is 14.2. The average Bonchev–Trinajstić information content (AvgIpc) is 2.47. The zero-order valence-electron chi connectivity index (χ0n) is 11.7. The van der Waals surface area contributed by atoms with Gasteiger partial charge in [-0.2, -0.15) is 0 Å². The Labute approximate surface area is 119 Å². The van der Waals surface area contributed by atoms with Crippen LogP contribution in [0, 0.1) is 5.41 Å². The Balaban J connectivity index is 1.85. The first-order chi connectivity index (χ1) is 9.65. The average molecular weight is 268 g/mol. The molecule has 4 nitrogen and oxygen atoms in total. The molecule has 0 amide bonds. The molecule has 104 valence electrons. The van der Waals surface area contributed by atoms with Crippen LogP contribution in [-0.4, -0.2) is 29.3 Å². The molecule has 0 spiro atoms. The first-order valence-electron chi connectivity index (χ1n) is 6.66. The van der Waals surface area contributed by atoms with E-state index in [0.717, 1.165) is 25.1 Å². The van der Waals surface area contributed by atoms with Crippen molar-refractivity contribution in [3.8, 4) is 0 Å². The number of hydrogen-bond acceptors (Lipinski definition) is 3. The molecule has 1 aromatic heterocycles. The molecule has 0 atom stereocenters. The van der Waals surface area contributed by atoms with Crippen molar-refractivity contribution in [1.29, 1.82) is 5.41 Å². The molecule has 3 N–H and O–H groups in total. The van der Waals surface area contributed by atoms with Gasteiger partial charge < -0.3 is 10.6 Å². The number of rotatable bonds is 6. The van der Waals surface area contributed by atoms with Gasteiger partial charge in [-0.05, 0) is 36.7 Å². The van der Waals surface area contributed by atoms with E-state index in [1.165, 1.54) is 11.1 Å². The summed E-state index contributed by atoms with van der Waals surface area (Å²) >= 11 is 0. The van der Waals surface area contributed by atoms with Gasteiger partial charge in [0.15, 0.2) is 0 Å². The zero-order chi connectivity index (χ0) is 14.4. The minimum Gasteiger partial charge on any atom is -0.384 e. The summed E-state index contributed by atoms with van der Waals surface area (Å²) in [6, 6.07) is 12.0. The summed E-state index contributed by atoms with van der Waals surface area (Å²) in [6.07, 6.45) is 4.68. The van der Waals surface area contributed by atoms with Crippen LogP contribution in [0.2, 0.25) is 0 Å². The lowest BCUT2D eigenvalue weighted by Crippen LogP contribution is -2.20. The van der Waals surface area contributed by atoms with Crippen molar-refractivity contribution in [3.05, 3.63) is 65.5 Å². The standard InChI is InChI=1S/C16H20N4/c1-20(11-8-13-6-9-19-10-7-13)12-14-2-4-15(5-3-14)16(17)18/h2-7,9-10H,8,11-12H2,1H3,(H3,17,18). The molecular formula is C16H20N4. The highest BCUT2D eigenvalue weighted by molar-refractivity contribution is 5.94. The second-order valence-electron chi connectivity index (χ2n) is 4.95. The number of nitrogens with two attached hydrogens (primary N) is 1. The summed E-state index contributed by atoms with van der Waals surface area (Å²) < 4.78 is 0. The van der Waals surface area contributed by atoms with Crippen molar-refractivity contribution in [2.75, 3.05) is 13.6 Å². The van der Waals surface area contributed by atoms with E-state index in [-0.39, 0.29) is 5.84 Å². The van der Waals surface area contributed by atoms with E-state index < -0.39 is 0 Å². The van der Waals surface area contributed by atoms with Gasteiger partial charge in [0, 0.05) is 31.0 Å². The molecule has 0 radical (unpaired) electrons. The number of nitrogens with zero attached hydrogens (tertiary/aromatic N) is 2. The van der Waals surface area contributed by atoms with Crippen molar-refractivity contribution in [1.82, 2.24) is 9.88 Å². The third-order valence-corrected chi connectivity index (χ3v) is 3.25. The molecule has 1 aromatic carbocycles. The minimum atomic E-state index is 0.114. The predicted molar refractivity (Wildman–Crippen MR) is 81.7 cm³/mol. The maximum absolute atomic E-state index is 7.37. The normalized spacial score (nSPS) is 10.7. The lowest BCUT2D eigenvalue weighted by molar-refractivity contribution is 0.331. The van der Waals surface area contributed by atoms with E-state index in [2.05, 4.69) is 29.1 Å². The van der Waals surface area contributed by atoms with Crippen molar-refractivity contribution in [3.63, 3.8) is 0 Å². The van der Waals surface area contributed by atoms with E-state index in [9.17, 15) is 0 Å². The summed E-state index contributed by atoms with van der Waals surface area (Å²) in [5, 5.41) is 7.37. The fourth-order valence-electron chi connectivity index (χ4n) is 2.05. The molecule has 2 aromatic rings. The second-order valence-corrected chi connectivity index (χ2v) is 4.95. The van der Waals surface area contributed by atoms with Gasteiger partial charge >= 0.3 is 0 Å². The SMILES string of the molecule is CN(CCc1ccncc1)Cc1ccc(C(=N)N)cc1. The number of nitrogen functional groups attached to an aromatic ring is 1. The van der Waals surface area contributed by atoms with Crippen molar-refractivity contribution >= 4 is 5.84 Å². The Morgan fingerprint density at radius 2 is 1.75 bits per heavy atom. The fraction of sp³-hybridized carbons (Fsp3) is 0.250. The smallest absolute Gasteiger partial charge is 0.122 e. The van der Waals surface area contributed by atoms with Crippen molar-refractivity contribution in [2.24, 2.45) is 5.73 Å². The largest absolute Gasteiger partial charge is 0.384 e. The molecule has 1 heterocycles. The maximum Gasteiger partial charge on any atom is 0.122 e. The van der Waals surface area contributed by atoms with E-state index >= 15 is 0 Å². The molecule has 0 unspecified atom stereocenters. The van der Waals surface area contributed by atoms with E-state index in [1.54, 1.807) is 0 Å². The Morgan fingerprint density at radius 3 is 2.35 bits per heavy atom. The van der Waals surface area contributed by atoms with Crippen molar-refractivity contribution < 1.29 is 0 Å². The van der Waals surface area contributed by atoms with Gasteiger partial charge in [-0.25, -0.2) is 0 Å². The monoisotopic (exact) mass is 268 g/mol. The lowest BCUT2D eigenvalue weighted by atomic mass is 10.1. The molecule has 0 aliphatic rings. The topological polar surface area (TPSA) is 66.0 Å². The van der Waals surface area contributed by atoms with Crippen LogP contribution in [0.1, 0.15) is 16.7 Å². The number of pyridine rings is 1. The third kappa shape index (κ3) is 4.17. The number of aromatic nitrogens is 1. The summed E-state index contributed by atoms with van der Waals surface area (Å²) in [5.41, 5.74) is 8.75. The van der Waals surface area contributed by atoms with Gasteiger partial charge in [0.1, 0.15) is 5.84 Å². The highest BCUT2D eigenvalue weighted by atomic mass is 15.1. The van der Waals surface area contributed by atoms with Crippen LogP contribution in [0.15, 0.2) is 48.8 Å². The zero-order valence-corrected chi connectivity index (χ0v) is 11.7. The Hall–Kier alpha value is -2.20. The van der Waals surface area contributed by atoms with Crippen LogP contribution < -0.4 is 5.73 Å². The Morgan fingerprint density at radius 1 is 1.10 bits per heavy atom.